The van der Waals surface area contributed by atoms with E-state index in [1.54, 1.807) is 29.5 Å². The highest BCUT2D eigenvalue weighted by atomic mass is 35.5. The van der Waals surface area contributed by atoms with Gasteiger partial charge in [0.15, 0.2) is 0 Å². The van der Waals surface area contributed by atoms with Crippen LogP contribution < -0.4 is 5.32 Å². The van der Waals surface area contributed by atoms with E-state index in [2.05, 4.69) is 5.32 Å². The molecule has 3 rings (SSSR count). The second kappa shape index (κ2) is 4.87. The summed E-state index contributed by atoms with van der Waals surface area (Å²) in [7, 11) is 0. The number of nitrogens with one attached hydrogen (secondary N) is 1. The lowest BCUT2D eigenvalue weighted by Crippen LogP contribution is -2.07. The normalized spacial score (nSPS) is 17.2. The van der Waals surface area contributed by atoms with Crippen LogP contribution in [0.3, 0.4) is 0 Å². The maximum atomic E-state index is 10.9. The summed E-state index contributed by atoms with van der Waals surface area (Å²) in [6.07, 6.45) is 2.05. The molecule has 2 aromatic rings. The molecule has 0 amide bonds. The topological polar surface area (TPSA) is 49.3 Å². The lowest BCUT2D eigenvalue weighted by Gasteiger charge is -2.14. The Bertz CT molecular complexity index is 638. The standard InChI is InChI=1S/C14H12ClNO2S/c15-13-7-10-11(4-5-12(10)19-13)16-9-3-1-2-8(6-9)14(17)18/h1-3,6-7,11,16H,4-5H2,(H,17,18). The Morgan fingerprint density at radius 3 is 3.05 bits per heavy atom. The van der Waals surface area contributed by atoms with E-state index < -0.39 is 5.97 Å². The first-order chi connectivity index (χ1) is 9.13. The molecular formula is C14H12ClNO2S. The minimum absolute atomic E-state index is 0.225. The molecular weight excluding hydrogens is 282 g/mol. The van der Waals surface area contributed by atoms with Crippen molar-refractivity contribution in [2.45, 2.75) is 18.9 Å². The molecule has 19 heavy (non-hydrogen) atoms. The summed E-state index contributed by atoms with van der Waals surface area (Å²) in [5.41, 5.74) is 2.38. The number of carboxylic acids is 1. The van der Waals surface area contributed by atoms with Crippen LogP contribution in [0, 0.1) is 0 Å². The predicted octanol–water partition coefficient (Wildman–Crippen LogP) is 4.20. The maximum absolute atomic E-state index is 10.9. The zero-order valence-corrected chi connectivity index (χ0v) is 11.6. The lowest BCUT2D eigenvalue weighted by molar-refractivity contribution is 0.0697. The number of halogens is 1. The fourth-order valence-corrected chi connectivity index (χ4v) is 3.78. The van der Waals surface area contributed by atoms with Gasteiger partial charge in [-0.05, 0) is 42.7 Å². The van der Waals surface area contributed by atoms with Crippen LogP contribution >= 0.6 is 22.9 Å². The summed E-state index contributed by atoms with van der Waals surface area (Å²) in [6.45, 7) is 0. The Morgan fingerprint density at radius 1 is 1.42 bits per heavy atom. The monoisotopic (exact) mass is 293 g/mol. The Labute approximate surface area is 119 Å². The Balaban J connectivity index is 1.83. The predicted molar refractivity (Wildman–Crippen MR) is 77.4 cm³/mol. The van der Waals surface area contributed by atoms with E-state index in [-0.39, 0.29) is 6.04 Å². The fraction of sp³-hybridized carbons (Fsp3) is 0.214. The molecule has 0 saturated heterocycles. The fourth-order valence-electron chi connectivity index (χ4n) is 2.42. The SMILES string of the molecule is O=C(O)c1cccc(NC2CCc3sc(Cl)cc32)c1. The quantitative estimate of drug-likeness (QED) is 0.891. The van der Waals surface area contributed by atoms with Gasteiger partial charge < -0.3 is 10.4 Å². The van der Waals surface area contributed by atoms with Crippen molar-refractivity contribution in [1.82, 2.24) is 0 Å². The van der Waals surface area contributed by atoms with Crippen LogP contribution in [0.25, 0.3) is 0 Å². The van der Waals surface area contributed by atoms with Crippen LogP contribution in [-0.4, -0.2) is 11.1 Å². The number of anilines is 1. The molecule has 0 radical (unpaired) electrons. The molecule has 1 aliphatic rings. The van der Waals surface area contributed by atoms with Gasteiger partial charge in [0.05, 0.1) is 15.9 Å². The summed E-state index contributed by atoms with van der Waals surface area (Å²) in [4.78, 5) is 12.3. The van der Waals surface area contributed by atoms with E-state index in [1.807, 2.05) is 12.1 Å². The Hall–Kier alpha value is -1.52. The molecule has 98 valence electrons. The van der Waals surface area contributed by atoms with Crippen LogP contribution in [0.4, 0.5) is 5.69 Å². The highest BCUT2D eigenvalue weighted by Gasteiger charge is 2.25. The van der Waals surface area contributed by atoms with Crippen LogP contribution in [0.15, 0.2) is 30.3 Å². The third kappa shape index (κ3) is 2.46. The van der Waals surface area contributed by atoms with Crippen LogP contribution in [0.2, 0.25) is 4.34 Å². The Kier molecular flexibility index (Phi) is 3.21. The van der Waals surface area contributed by atoms with Crippen LogP contribution in [-0.2, 0) is 6.42 Å². The van der Waals surface area contributed by atoms with Crippen molar-refractivity contribution in [3.05, 3.63) is 50.7 Å². The van der Waals surface area contributed by atoms with Gasteiger partial charge in [-0.15, -0.1) is 11.3 Å². The van der Waals surface area contributed by atoms with Crippen LogP contribution in [0.5, 0.6) is 0 Å². The van der Waals surface area contributed by atoms with Crippen molar-refractivity contribution in [2.24, 2.45) is 0 Å². The average Bonchev–Trinajstić information content (AvgIpc) is 2.91. The highest BCUT2D eigenvalue weighted by Crippen LogP contribution is 2.40. The minimum atomic E-state index is -0.908. The molecule has 1 aromatic heterocycles. The Morgan fingerprint density at radius 2 is 2.26 bits per heavy atom. The van der Waals surface area contributed by atoms with Crippen molar-refractivity contribution in [3.63, 3.8) is 0 Å². The van der Waals surface area contributed by atoms with Gasteiger partial charge >= 0.3 is 5.97 Å². The molecule has 1 unspecified atom stereocenters. The van der Waals surface area contributed by atoms with Gasteiger partial charge in [0.2, 0.25) is 0 Å². The molecule has 1 aliphatic carbocycles. The number of carbonyl (C=O) groups is 1. The molecule has 2 N–H and O–H groups in total. The molecule has 0 spiro atoms. The van der Waals surface area contributed by atoms with E-state index in [1.165, 1.54) is 10.4 Å². The van der Waals surface area contributed by atoms with Crippen molar-refractivity contribution in [3.8, 4) is 0 Å². The number of carboxylic acid groups (broad SMARTS) is 1. The number of benzene rings is 1. The molecule has 0 aliphatic heterocycles. The van der Waals surface area contributed by atoms with Gasteiger partial charge in [-0.25, -0.2) is 4.79 Å². The zero-order valence-electron chi connectivity index (χ0n) is 10.0. The summed E-state index contributed by atoms with van der Waals surface area (Å²) < 4.78 is 0.816. The van der Waals surface area contributed by atoms with Gasteiger partial charge in [-0.1, -0.05) is 17.7 Å². The van der Waals surface area contributed by atoms with Crippen molar-refractivity contribution in [2.75, 3.05) is 5.32 Å². The van der Waals surface area contributed by atoms with Crippen molar-refractivity contribution in [1.29, 1.82) is 0 Å². The van der Waals surface area contributed by atoms with E-state index in [0.717, 1.165) is 22.9 Å². The number of hydrogen-bond acceptors (Lipinski definition) is 3. The van der Waals surface area contributed by atoms with E-state index in [0.29, 0.717) is 5.56 Å². The summed E-state index contributed by atoms with van der Waals surface area (Å²) in [5.74, 6) is -0.908. The number of fused-ring (bicyclic) bond motifs is 1. The second-order valence-corrected chi connectivity index (χ2v) is 6.32. The van der Waals surface area contributed by atoms with Gasteiger partial charge in [0, 0.05) is 10.6 Å². The number of aryl methyl sites for hydroxylation is 1. The first-order valence-electron chi connectivity index (χ1n) is 6.01. The van der Waals surface area contributed by atoms with E-state index in [9.17, 15) is 4.79 Å². The molecule has 3 nitrogen and oxygen atoms in total. The van der Waals surface area contributed by atoms with E-state index in [4.69, 9.17) is 16.7 Å². The summed E-state index contributed by atoms with van der Waals surface area (Å²) in [6, 6.07) is 9.12. The smallest absolute Gasteiger partial charge is 0.335 e. The molecule has 1 aromatic carbocycles. The molecule has 0 bridgehead atoms. The van der Waals surface area contributed by atoms with Crippen molar-refractivity contribution < 1.29 is 9.90 Å². The molecule has 1 atom stereocenters. The molecule has 1 heterocycles. The first-order valence-corrected chi connectivity index (χ1v) is 7.21. The third-order valence-electron chi connectivity index (χ3n) is 3.30. The van der Waals surface area contributed by atoms with Gasteiger partial charge in [0.25, 0.3) is 0 Å². The molecule has 5 heteroatoms. The number of hydrogen-bond donors (Lipinski definition) is 2. The van der Waals surface area contributed by atoms with E-state index >= 15 is 0 Å². The van der Waals surface area contributed by atoms with Gasteiger partial charge in [-0.2, -0.15) is 0 Å². The zero-order chi connectivity index (χ0) is 13.4. The first kappa shape index (κ1) is 12.5. The second-order valence-electron chi connectivity index (χ2n) is 4.55. The number of rotatable bonds is 3. The molecule has 0 fully saturated rings. The maximum Gasteiger partial charge on any atom is 0.335 e. The lowest BCUT2D eigenvalue weighted by atomic mass is 10.1. The minimum Gasteiger partial charge on any atom is -0.478 e. The van der Waals surface area contributed by atoms with Crippen LogP contribution in [0.1, 0.15) is 33.3 Å². The molecule has 0 saturated carbocycles. The number of thiophene rings is 1. The highest BCUT2D eigenvalue weighted by molar-refractivity contribution is 7.16. The summed E-state index contributed by atoms with van der Waals surface area (Å²) >= 11 is 7.66. The largest absolute Gasteiger partial charge is 0.478 e. The van der Waals surface area contributed by atoms with Gasteiger partial charge in [-0.3, -0.25) is 0 Å². The average molecular weight is 294 g/mol. The summed E-state index contributed by atoms with van der Waals surface area (Å²) in [5, 5.41) is 12.4. The van der Waals surface area contributed by atoms with Gasteiger partial charge in [0.1, 0.15) is 0 Å². The van der Waals surface area contributed by atoms with Crippen molar-refractivity contribution >= 4 is 34.6 Å². The third-order valence-corrected chi connectivity index (χ3v) is 4.64. The number of aromatic carboxylic acids is 1.